The van der Waals surface area contributed by atoms with E-state index in [1.54, 1.807) is 6.20 Å². The molecular formula is C27H23N3O3. The molecule has 0 fully saturated rings. The number of hydrogen-bond acceptors (Lipinski definition) is 5. The van der Waals surface area contributed by atoms with Gasteiger partial charge in [-0.05, 0) is 37.3 Å². The highest BCUT2D eigenvalue weighted by atomic mass is 16.5. The van der Waals surface area contributed by atoms with Gasteiger partial charge in [0, 0.05) is 60.1 Å². The Balaban J connectivity index is 1.32. The van der Waals surface area contributed by atoms with Crippen molar-refractivity contribution in [3.63, 3.8) is 0 Å². The number of benzene rings is 2. The number of nitrogens with zero attached hydrogens (tertiary/aromatic N) is 3. The van der Waals surface area contributed by atoms with E-state index in [2.05, 4.69) is 26.6 Å². The van der Waals surface area contributed by atoms with Gasteiger partial charge in [0.05, 0.1) is 11.3 Å². The van der Waals surface area contributed by atoms with Crippen LogP contribution in [0.4, 0.5) is 0 Å². The van der Waals surface area contributed by atoms with Crippen molar-refractivity contribution >= 4 is 22.8 Å². The van der Waals surface area contributed by atoms with Gasteiger partial charge in [-0.2, -0.15) is 0 Å². The van der Waals surface area contributed by atoms with Crippen molar-refractivity contribution in [2.24, 2.45) is 7.05 Å². The summed E-state index contributed by atoms with van der Waals surface area (Å²) >= 11 is 0. The molecule has 164 valence electrons. The van der Waals surface area contributed by atoms with E-state index in [1.807, 2.05) is 62.6 Å². The fourth-order valence-corrected chi connectivity index (χ4v) is 4.75. The zero-order chi connectivity index (χ0) is 22.5. The summed E-state index contributed by atoms with van der Waals surface area (Å²) in [5, 5.41) is 1.09. The lowest BCUT2D eigenvalue weighted by atomic mass is 10.00. The van der Waals surface area contributed by atoms with Crippen LogP contribution in [0.2, 0.25) is 0 Å². The fraction of sp³-hybridized carbons (Fsp3) is 0.185. The number of rotatable bonds is 3. The maximum absolute atomic E-state index is 13.3. The Morgan fingerprint density at radius 3 is 2.82 bits per heavy atom. The monoisotopic (exact) mass is 437 g/mol. The topological polar surface area (TPSA) is 56.6 Å². The minimum absolute atomic E-state index is 0.0920. The number of ketones is 1. The number of fused-ring (bicyclic) bond motifs is 3. The number of allylic oxidation sites excluding steroid dienone is 1. The van der Waals surface area contributed by atoms with E-state index >= 15 is 0 Å². The van der Waals surface area contributed by atoms with Crippen molar-refractivity contribution in [2.75, 3.05) is 6.73 Å². The summed E-state index contributed by atoms with van der Waals surface area (Å²) in [6.07, 6.45) is 5.66. The van der Waals surface area contributed by atoms with Gasteiger partial charge in [0.15, 0.2) is 5.76 Å². The first-order chi connectivity index (χ1) is 16.1. The summed E-state index contributed by atoms with van der Waals surface area (Å²) in [5.74, 6) is 1.66. The van der Waals surface area contributed by atoms with Gasteiger partial charge in [0.2, 0.25) is 5.78 Å². The van der Waals surface area contributed by atoms with Gasteiger partial charge in [-0.25, -0.2) is 0 Å². The Bertz CT molecular complexity index is 1440. The first kappa shape index (κ1) is 19.8. The minimum Gasteiger partial charge on any atom is -0.477 e. The lowest BCUT2D eigenvalue weighted by molar-refractivity contribution is 0.0865. The second-order valence-corrected chi connectivity index (χ2v) is 8.60. The molecular weight excluding hydrogens is 414 g/mol. The predicted octanol–water partition coefficient (Wildman–Crippen LogP) is 4.85. The molecule has 0 amide bonds. The third kappa shape index (κ3) is 3.31. The van der Waals surface area contributed by atoms with E-state index in [0.29, 0.717) is 36.9 Å². The Kier molecular flexibility index (Phi) is 4.55. The van der Waals surface area contributed by atoms with E-state index in [-0.39, 0.29) is 5.78 Å². The van der Waals surface area contributed by atoms with Crippen LogP contribution in [0.3, 0.4) is 0 Å². The number of ether oxygens (including phenoxy) is 2. The highest BCUT2D eigenvalue weighted by Gasteiger charge is 2.33. The molecule has 4 aromatic rings. The Morgan fingerprint density at radius 1 is 1.12 bits per heavy atom. The van der Waals surface area contributed by atoms with Crippen molar-refractivity contribution in [1.29, 1.82) is 0 Å². The van der Waals surface area contributed by atoms with Crippen LogP contribution in [0, 0.1) is 6.92 Å². The molecule has 2 aliphatic heterocycles. The average Bonchev–Trinajstić information content (AvgIpc) is 3.32. The first-order valence-corrected chi connectivity index (χ1v) is 11.0. The standard InChI is InChI=1S/C27H23N3O3/c1-17-26-19(14-30(16-32-26)15-20-7-5-6-10-28-20)11-22-25(31)24(33-27(17)22)12-18-13-29(2)23-9-4-3-8-21(18)23/h3-13H,14-16H2,1-2H3/b24-12-. The van der Waals surface area contributed by atoms with Crippen LogP contribution < -0.4 is 9.47 Å². The molecule has 6 rings (SSSR count). The van der Waals surface area contributed by atoms with E-state index in [0.717, 1.165) is 39.0 Å². The molecule has 0 radical (unpaired) electrons. The highest BCUT2D eigenvalue weighted by Crippen LogP contribution is 2.43. The number of aryl methyl sites for hydroxylation is 1. The van der Waals surface area contributed by atoms with Gasteiger partial charge in [0.25, 0.3) is 0 Å². The van der Waals surface area contributed by atoms with Gasteiger partial charge < -0.3 is 14.0 Å². The molecule has 0 unspecified atom stereocenters. The largest absolute Gasteiger partial charge is 0.477 e. The van der Waals surface area contributed by atoms with Gasteiger partial charge >= 0.3 is 0 Å². The van der Waals surface area contributed by atoms with E-state index < -0.39 is 0 Å². The molecule has 2 aliphatic rings. The zero-order valence-corrected chi connectivity index (χ0v) is 18.5. The third-order valence-corrected chi connectivity index (χ3v) is 6.33. The van der Waals surface area contributed by atoms with Gasteiger partial charge in [-0.15, -0.1) is 0 Å². The van der Waals surface area contributed by atoms with E-state index in [1.165, 1.54) is 0 Å². The molecule has 0 aliphatic carbocycles. The van der Waals surface area contributed by atoms with Crippen LogP contribution >= 0.6 is 0 Å². The number of Topliss-reactive ketones (excluding diaryl/α,β-unsaturated/α-hetero) is 1. The highest BCUT2D eigenvalue weighted by molar-refractivity contribution is 6.15. The molecule has 2 aromatic heterocycles. The Morgan fingerprint density at radius 2 is 1.97 bits per heavy atom. The van der Waals surface area contributed by atoms with Crippen molar-refractivity contribution in [2.45, 2.75) is 20.0 Å². The van der Waals surface area contributed by atoms with Crippen molar-refractivity contribution in [3.8, 4) is 11.5 Å². The molecule has 4 heterocycles. The molecule has 0 saturated heterocycles. The SMILES string of the molecule is Cc1c2c(cc3c1O/C(=C\c1cn(C)c4ccccc14)C3=O)CN(Cc1ccccn1)CO2. The van der Waals surface area contributed by atoms with Crippen LogP contribution in [-0.4, -0.2) is 27.0 Å². The van der Waals surface area contributed by atoms with Crippen LogP contribution in [0.25, 0.3) is 17.0 Å². The summed E-state index contributed by atoms with van der Waals surface area (Å²) in [4.78, 5) is 19.9. The van der Waals surface area contributed by atoms with Gasteiger partial charge in [-0.1, -0.05) is 24.3 Å². The van der Waals surface area contributed by atoms with Crippen LogP contribution in [0.1, 0.15) is 32.7 Å². The summed E-state index contributed by atoms with van der Waals surface area (Å²) < 4.78 is 14.3. The minimum atomic E-state index is -0.0920. The zero-order valence-electron chi connectivity index (χ0n) is 18.5. The molecule has 6 nitrogen and oxygen atoms in total. The number of pyridine rings is 1. The van der Waals surface area contributed by atoms with Crippen molar-refractivity contribution in [1.82, 2.24) is 14.5 Å². The molecule has 0 saturated carbocycles. The van der Waals surface area contributed by atoms with E-state index in [4.69, 9.17) is 9.47 Å². The number of carbonyl (C=O) groups is 1. The first-order valence-electron chi connectivity index (χ1n) is 11.0. The second kappa shape index (κ2) is 7.60. The molecule has 2 aromatic carbocycles. The summed E-state index contributed by atoms with van der Waals surface area (Å²) in [6.45, 7) is 3.80. The maximum Gasteiger partial charge on any atom is 0.231 e. The Hall–Kier alpha value is -3.90. The second-order valence-electron chi connectivity index (χ2n) is 8.60. The average molecular weight is 437 g/mol. The molecule has 0 spiro atoms. The summed E-state index contributed by atoms with van der Waals surface area (Å²) in [5.41, 5.74) is 5.53. The molecule has 0 N–H and O–H groups in total. The van der Waals surface area contributed by atoms with Crippen LogP contribution in [-0.2, 0) is 20.1 Å². The Labute approximate surface area is 191 Å². The fourth-order valence-electron chi connectivity index (χ4n) is 4.75. The molecule has 0 bridgehead atoms. The summed E-state index contributed by atoms with van der Waals surface area (Å²) in [7, 11) is 2.00. The number of aromatic nitrogens is 2. The summed E-state index contributed by atoms with van der Waals surface area (Å²) in [6, 6.07) is 16.0. The smallest absolute Gasteiger partial charge is 0.231 e. The quantitative estimate of drug-likeness (QED) is 0.429. The van der Waals surface area contributed by atoms with Gasteiger partial charge in [-0.3, -0.25) is 14.7 Å². The van der Waals surface area contributed by atoms with Crippen LogP contribution in [0.5, 0.6) is 11.5 Å². The molecule has 6 heteroatoms. The third-order valence-electron chi connectivity index (χ3n) is 6.33. The number of hydrogen-bond donors (Lipinski definition) is 0. The normalized spacial score (nSPS) is 16.5. The number of carbonyl (C=O) groups excluding carboxylic acids is 1. The molecule has 0 atom stereocenters. The number of para-hydroxylation sites is 1. The molecule has 33 heavy (non-hydrogen) atoms. The maximum atomic E-state index is 13.3. The van der Waals surface area contributed by atoms with E-state index in [9.17, 15) is 4.79 Å². The van der Waals surface area contributed by atoms with Gasteiger partial charge in [0.1, 0.15) is 18.2 Å². The lowest BCUT2D eigenvalue weighted by Gasteiger charge is -2.30. The van der Waals surface area contributed by atoms with Crippen molar-refractivity contribution in [3.05, 3.63) is 94.6 Å². The lowest BCUT2D eigenvalue weighted by Crippen LogP contribution is -2.32. The predicted molar refractivity (Wildman–Crippen MR) is 126 cm³/mol. The van der Waals surface area contributed by atoms with Crippen molar-refractivity contribution < 1.29 is 14.3 Å². The van der Waals surface area contributed by atoms with Crippen LogP contribution in [0.15, 0.2) is 66.7 Å².